The number of carbonyl (C=O) groups is 1. The number of ether oxygens (including phenoxy) is 2. The number of rotatable bonds is 8. The Morgan fingerprint density at radius 3 is 2.65 bits per heavy atom. The van der Waals surface area contributed by atoms with Crippen LogP contribution in [0.25, 0.3) is 11.3 Å². The lowest BCUT2D eigenvalue weighted by molar-refractivity contribution is -0.384. The minimum atomic E-state index is -0.536. The van der Waals surface area contributed by atoms with Gasteiger partial charge in [-0.05, 0) is 42.0 Å². The molecule has 10 heteroatoms. The highest BCUT2D eigenvalue weighted by atomic mass is 35.5. The summed E-state index contributed by atoms with van der Waals surface area (Å²) in [6.07, 6.45) is 1.38. The number of furan rings is 1. The molecule has 1 heterocycles. The molecule has 1 aromatic heterocycles. The highest BCUT2D eigenvalue weighted by Gasteiger charge is 2.18. The Hall–Kier alpha value is -3.85. The third kappa shape index (κ3) is 5.40. The Kier molecular flexibility index (Phi) is 6.88. The fourth-order valence-electron chi connectivity index (χ4n) is 2.81. The Morgan fingerprint density at radius 1 is 1.16 bits per heavy atom. The molecule has 0 radical (unpaired) electrons. The molecule has 9 nitrogen and oxygen atoms in total. The normalized spacial score (nSPS) is 10.8. The quantitative estimate of drug-likeness (QED) is 0.316. The van der Waals surface area contributed by atoms with Gasteiger partial charge in [0.05, 0.1) is 37.3 Å². The number of hydrazone groups is 1. The zero-order chi connectivity index (χ0) is 22.4. The van der Waals surface area contributed by atoms with Crippen LogP contribution in [0.2, 0.25) is 5.02 Å². The average molecular weight is 444 g/mol. The van der Waals surface area contributed by atoms with Gasteiger partial charge >= 0.3 is 0 Å². The summed E-state index contributed by atoms with van der Waals surface area (Å²) in [5.41, 5.74) is 3.24. The summed E-state index contributed by atoms with van der Waals surface area (Å²) in [5, 5.41) is 15.4. The van der Waals surface area contributed by atoms with Crippen LogP contribution in [0.15, 0.2) is 58.0 Å². The zero-order valence-electron chi connectivity index (χ0n) is 16.6. The lowest BCUT2D eigenvalue weighted by atomic mass is 10.1. The predicted molar refractivity (Wildman–Crippen MR) is 115 cm³/mol. The molecule has 0 aliphatic carbocycles. The van der Waals surface area contributed by atoms with E-state index in [4.69, 9.17) is 25.5 Å². The zero-order valence-corrected chi connectivity index (χ0v) is 17.4. The molecule has 0 fully saturated rings. The first-order chi connectivity index (χ1) is 14.9. The standard InChI is InChI=1S/C21H18ClN3O6/c1-29-19-7-3-13(9-20(19)30-2)10-21(26)24-23-12-15-5-8-18(31-15)16-6-4-14(22)11-17(16)25(27)28/h3-9,11-12H,10H2,1-2H3,(H,24,26)/b23-12-. The molecule has 0 spiro atoms. The molecule has 0 bridgehead atoms. The van der Waals surface area contributed by atoms with E-state index in [9.17, 15) is 14.9 Å². The maximum atomic E-state index is 12.1. The van der Waals surface area contributed by atoms with Crippen molar-refractivity contribution in [3.63, 3.8) is 0 Å². The number of benzene rings is 2. The molecule has 0 saturated heterocycles. The predicted octanol–water partition coefficient (Wildman–Crippen LogP) is 4.22. The van der Waals surface area contributed by atoms with Crippen LogP contribution in [0.1, 0.15) is 11.3 Å². The molecule has 0 saturated carbocycles. The van der Waals surface area contributed by atoms with Crippen molar-refractivity contribution in [2.24, 2.45) is 5.10 Å². The Bertz CT molecular complexity index is 1140. The van der Waals surface area contributed by atoms with Gasteiger partial charge in [0.1, 0.15) is 11.5 Å². The first-order valence-corrected chi connectivity index (χ1v) is 9.36. The number of methoxy groups -OCH3 is 2. The first-order valence-electron chi connectivity index (χ1n) is 8.98. The largest absolute Gasteiger partial charge is 0.493 e. The molecular formula is C21H18ClN3O6. The van der Waals surface area contributed by atoms with E-state index in [0.717, 1.165) is 5.56 Å². The highest BCUT2D eigenvalue weighted by molar-refractivity contribution is 6.30. The summed E-state index contributed by atoms with van der Waals surface area (Å²) < 4.78 is 16.0. The van der Waals surface area contributed by atoms with E-state index in [1.54, 1.807) is 30.3 Å². The lowest BCUT2D eigenvalue weighted by Gasteiger charge is -2.09. The number of nitrogens with one attached hydrogen (secondary N) is 1. The van der Waals surface area contributed by atoms with Crippen LogP contribution in [-0.4, -0.2) is 31.3 Å². The van der Waals surface area contributed by atoms with E-state index in [2.05, 4.69) is 10.5 Å². The van der Waals surface area contributed by atoms with Gasteiger partial charge in [-0.25, -0.2) is 5.43 Å². The van der Waals surface area contributed by atoms with Crippen molar-refractivity contribution in [2.75, 3.05) is 14.2 Å². The van der Waals surface area contributed by atoms with Gasteiger partial charge in [0.25, 0.3) is 5.69 Å². The van der Waals surface area contributed by atoms with Crippen LogP contribution in [0.3, 0.4) is 0 Å². The van der Waals surface area contributed by atoms with Crippen LogP contribution in [0.4, 0.5) is 5.69 Å². The number of hydrogen-bond donors (Lipinski definition) is 1. The van der Waals surface area contributed by atoms with E-state index >= 15 is 0 Å². The molecule has 3 rings (SSSR count). The molecule has 0 atom stereocenters. The van der Waals surface area contributed by atoms with E-state index < -0.39 is 4.92 Å². The van der Waals surface area contributed by atoms with Crippen molar-refractivity contribution in [2.45, 2.75) is 6.42 Å². The molecule has 0 unspecified atom stereocenters. The summed E-state index contributed by atoms with van der Waals surface area (Å²) in [4.78, 5) is 22.8. The molecule has 2 aromatic carbocycles. The summed E-state index contributed by atoms with van der Waals surface area (Å²) in [5.74, 6) is 1.34. The van der Waals surface area contributed by atoms with E-state index in [1.807, 2.05) is 0 Å². The Morgan fingerprint density at radius 2 is 1.94 bits per heavy atom. The van der Waals surface area contributed by atoms with E-state index in [1.165, 1.54) is 38.6 Å². The van der Waals surface area contributed by atoms with Gasteiger partial charge in [-0.2, -0.15) is 5.10 Å². The van der Waals surface area contributed by atoms with Crippen LogP contribution in [0.5, 0.6) is 11.5 Å². The average Bonchev–Trinajstić information content (AvgIpc) is 3.22. The van der Waals surface area contributed by atoms with Crippen molar-refractivity contribution in [3.8, 4) is 22.8 Å². The topological polar surface area (TPSA) is 116 Å². The van der Waals surface area contributed by atoms with Gasteiger partial charge in [0.2, 0.25) is 5.91 Å². The maximum Gasteiger partial charge on any atom is 0.281 e. The number of amides is 1. The van der Waals surface area contributed by atoms with Crippen molar-refractivity contribution in [1.29, 1.82) is 0 Å². The SMILES string of the molecule is COc1ccc(CC(=O)N/N=C\c2ccc(-c3ccc(Cl)cc3[N+](=O)[O-])o2)cc1OC. The third-order valence-electron chi connectivity index (χ3n) is 4.24. The number of nitrogens with zero attached hydrogens (tertiary/aromatic N) is 2. The number of carbonyl (C=O) groups excluding carboxylic acids is 1. The monoisotopic (exact) mass is 443 g/mol. The van der Waals surface area contributed by atoms with Crippen LogP contribution in [0, 0.1) is 10.1 Å². The second-order valence-electron chi connectivity index (χ2n) is 6.28. The van der Waals surface area contributed by atoms with Gasteiger partial charge in [-0.15, -0.1) is 0 Å². The molecule has 3 aromatic rings. The summed E-state index contributed by atoms with van der Waals surface area (Å²) >= 11 is 5.83. The molecule has 160 valence electrons. The number of halogens is 1. The molecular weight excluding hydrogens is 426 g/mol. The fraction of sp³-hybridized carbons (Fsp3) is 0.143. The van der Waals surface area contributed by atoms with Gasteiger partial charge in [-0.3, -0.25) is 14.9 Å². The number of hydrogen-bond acceptors (Lipinski definition) is 7. The van der Waals surface area contributed by atoms with Gasteiger partial charge in [0.15, 0.2) is 11.5 Å². The molecule has 1 N–H and O–H groups in total. The van der Waals surface area contributed by atoms with Crippen molar-refractivity contribution < 1.29 is 23.6 Å². The Labute approximate surface area is 182 Å². The third-order valence-corrected chi connectivity index (χ3v) is 4.48. The van der Waals surface area contributed by atoms with Crippen LogP contribution in [-0.2, 0) is 11.2 Å². The fourth-order valence-corrected chi connectivity index (χ4v) is 2.98. The molecule has 31 heavy (non-hydrogen) atoms. The molecule has 0 aliphatic rings. The lowest BCUT2D eigenvalue weighted by Crippen LogP contribution is -2.19. The van der Waals surface area contributed by atoms with E-state index in [0.29, 0.717) is 17.3 Å². The van der Waals surface area contributed by atoms with Crippen molar-refractivity contribution >= 4 is 29.4 Å². The van der Waals surface area contributed by atoms with Crippen LogP contribution >= 0.6 is 11.6 Å². The minimum absolute atomic E-state index is 0.0814. The van der Waals surface area contributed by atoms with Gasteiger partial charge in [0, 0.05) is 11.1 Å². The van der Waals surface area contributed by atoms with Gasteiger partial charge < -0.3 is 13.9 Å². The number of nitro groups is 1. The minimum Gasteiger partial charge on any atom is -0.493 e. The van der Waals surface area contributed by atoms with Crippen molar-refractivity contribution in [3.05, 3.63) is 75.0 Å². The summed E-state index contributed by atoms with van der Waals surface area (Å²) in [7, 11) is 3.05. The highest BCUT2D eigenvalue weighted by Crippen LogP contribution is 2.33. The summed E-state index contributed by atoms with van der Waals surface area (Å²) in [6.45, 7) is 0. The Balaban J connectivity index is 1.65. The smallest absolute Gasteiger partial charge is 0.281 e. The maximum absolute atomic E-state index is 12.1. The second kappa shape index (κ2) is 9.77. The number of nitro benzene ring substituents is 1. The molecule has 1 amide bonds. The van der Waals surface area contributed by atoms with Crippen molar-refractivity contribution in [1.82, 2.24) is 5.43 Å². The van der Waals surface area contributed by atoms with Gasteiger partial charge in [-0.1, -0.05) is 17.7 Å². The summed E-state index contributed by atoms with van der Waals surface area (Å²) in [6, 6.07) is 12.6. The van der Waals surface area contributed by atoms with E-state index in [-0.39, 0.29) is 34.4 Å². The van der Waals surface area contributed by atoms with Crippen LogP contribution < -0.4 is 14.9 Å². The molecule has 0 aliphatic heterocycles. The first kappa shape index (κ1) is 21.8. The second-order valence-corrected chi connectivity index (χ2v) is 6.72.